The second-order valence-corrected chi connectivity index (χ2v) is 9.61. The maximum Gasteiger partial charge on any atom is 0.416 e. The van der Waals surface area contributed by atoms with Gasteiger partial charge in [0.15, 0.2) is 0 Å². The molecule has 1 atom stereocenters. The van der Waals surface area contributed by atoms with Crippen molar-refractivity contribution in [1.29, 1.82) is 0 Å². The van der Waals surface area contributed by atoms with Gasteiger partial charge in [-0.25, -0.2) is 13.4 Å². The van der Waals surface area contributed by atoms with E-state index in [0.717, 1.165) is 23.4 Å². The molecule has 10 heteroatoms. The molecule has 0 amide bonds. The Morgan fingerprint density at radius 1 is 1.31 bits per heavy atom. The Morgan fingerprint density at radius 2 is 2.04 bits per heavy atom. The highest BCUT2D eigenvalue weighted by molar-refractivity contribution is 7.89. The summed E-state index contributed by atoms with van der Waals surface area (Å²) in [7, 11) is -4.04. The van der Waals surface area contributed by atoms with Gasteiger partial charge in [-0.15, -0.1) is 11.3 Å². The van der Waals surface area contributed by atoms with Crippen molar-refractivity contribution < 1.29 is 21.6 Å². The van der Waals surface area contributed by atoms with E-state index in [-0.39, 0.29) is 11.4 Å². The molecule has 4 nitrogen and oxygen atoms in total. The van der Waals surface area contributed by atoms with Gasteiger partial charge in [-0.2, -0.15) is 17.5 Å². The van der Waals surface area contributed by atoms with Crippen LogP contribution in [-0.4, -0.2) is 24.3 Å². The van der Waals surface area contributed by atoms with Gasteiger partial charge in [-0.3, -0.25) is 0 Å². The molecule has 0 spiro atoms. The molecular formula is C16H16ClF3N2O2S2. The third kappa shape index (κ3) is 3.76. The predicted molar refractivity (Wildman–Crippen MR) is 93.8 cm³/mol. The first kappa shape index (κ1) is 19.6. The molecule has 1 aromatic heterocycles. The van der Waals surface area contributed by atoms with Crippen molar-refractivity contribution in [1.82, 2.24) is 9.29 Å². The number of alkyl halides is 3. The van der Waals surface area contributed by atoms with E-state index in [0.29, 0.717) is 23.9 Å². The van der Waals surface area contributed by atoms with Crippen molar-refractivity contribution >= 4 is 33.0 Å². The van der Waals surface area contributed by atoms with Crippen LogP contribution in [0.3, 0.4) is 0 Å². The standard InChI is InChI=1S/C16H16ClF3N2O2S2/c1-10-9-21-15(25-10)13-4-2-3-7-22(13)26(23,24)14-6-5-11(8-12(14)17)16(18,19)20/h5-6,8-9,13H,2-4,7H2,1H3. The van der Waals surface area contributed by atoms with Gasteiger partial charge in [0.25, 0.3) is 0 Å². The van der Waals surface area contributed by atoms with Crippen LogP contribution < -0.4 is 0 Å². The van der Waals surface area contributed by atoms with Crippen molar-refractivity contribution in [3.63, 3.8) is 0 Å². The average molecular weight is 425 g/mol. The number of rotatable bonds is 3. The van der Waals surface area contributed by atoms with E-state index >= 15 is 0 Å². The van der Waals surface area contributed by atoms with Crippen molar-refractivity contribution in [3.05, 3.63) is 44.9 Å². The number of aryl methyl sites for hydroxylation is 1. The largest absolute Gasteiger partial charge is 0.416 e. The molecule has 1 unspecified atom stereocenters. The summed E-state index contributed by atoms with van der Waals surface area (Å²) in [6.07, 6.45) is -0.749. The first-order valence-electron chi connectivity index (χ1n) is 7.91. The topological polar surface area (TPSA) is 50.3 Å². The SMILES string of the molecule is Cc1cnc(C2CCCCN2S(=O)(=O)c2ccc(C(F)(F)F)cc2Cl)s1. The van der Waals surface area contributed by atoms with Gasteiger partial charge in [0.1, 0.15) is 9.90 Å². The molecular weight excluding hydrogens is 409 g/mol. The highest BCUT2D eigenvalue weighted by Crippen LogP contribution is 2.39. The van der Waals surface area contributed by atoms with Crippen LogP contribution in [0.15, 0.2) is 29.3 Å². The van der Waals surface area contributed by atoms with Crippen LogP contribution in [0, 0.1) is 6.92 Å². The predicted octanol–water partition coefficient (Wildman–Crippen LogP) is 5.04. The third-order valence-corrected chi connectivity index (χ3v) is 7.63. The molecule has 0 bridgehead atoms. The lowest BCUT2D eigenvalue weighted by Crippen LogP contribution is -2.38. The van der Waals surface area contributed by atoms with Gasteiger partial charge in [-0.1, -0.05) is 18.0 Å². The number of nitrogens with zero attached hydrogens (tertiary/aromatic N) is 2. The maximum absolute atomic E-state index is 13.1. The molecule has 142 valence electrons. The Morgan fingerprint density at radius 3 is 2.62 bits per heavy atom. The zero-order chi connectivity index (χ0) is 19.1. The van der Waals surface area contributed by atoms with Crippen LogP contribution in [0.4, 0.5) is 13.2 Å². The van der Waals surface area contributed by atoms with E-state index in [1.165, 1.54) is 15.6 Å². The van der Waals surface area contributed by atoms with Gasteiger partial charge in [0.2, 0.25) is 10.0 Å². The third-order valence-electron chi connectivity index (χ3n) is 4.22. The normalized spacial score (nSPS) is 19.7. The zero-order valence-electron chi connectivity index (χ0n) is 13.8. The summed E-state index contributed by atoms with van der Waals surface area (Å²) < 4.78 is 65.9. The molecule has 0 saturated carbocycles. The highest BCUT2D eigenvalue weighted by atomic mass is 35.5. The summed E-state index contributed by atoms with van der Waals surface area (Å²) >= 11 is 7.34. The minimum absolute atomic E-state index is 0.281. The van der Waals surface area contributed by atoms with E-state index in [1.807, 2.05) is 6.92 Å². The van der Waals surface area contributed by atoms with Gasteiger partial charge in [0, 0.05) is 17.6 Å². The van der Waals surface area contributed by atoms with Crippen LogP contribution >= 0.6 is 22.9 Å². The number of halogens is 4. The molecule has 0 aliphatic carbocycles. The molecule has 0 radical (unpaired) electrons. The molecule has 1 saturated heterocycles. The Labute approximate surface area is 158 Å². The molecule has 2 aromatic rings. The second-order valence-electron chi connectivity index (χ2n) is 6.08. The number of aromatic nitrogens is 1. The van der Waals surface area contributed by atoms with E-state index < -0.39 is 32.8 Å². The smallest absolute Gasteiger partial charge is 0.248 e. The number of thiazole rings is 1. The van der Waals surface area contributed by atoms with Crippen LogP contribution in [0.2, 0.25) is 5.02 Å². The van der Waals surface area contributed by atoms with Crippen molar-refractivity contribution in [3.8, 4) is 0 Å². The van der Waals surface area contributed by atoms with Gasteiger partial charge in [0.05, 0.1) is 16.6 Å². The fraction of sp³-hybridized carbons (Fsp3) is 0.438. The van der Waals surface area contributed by atoms with Crippen LogP contribution in [-0.2, 0) is 16.2 Å². The number of benzene rings is 1. The Bertz CT molecular complexity index is 912. The number of sulfonamides is 1. The summed E-state index contributed by atoms with van der Waals surface area (Å²) in [5, 5.41) is 0.258. The van der Waals surface area contributed by atoms with E-state index in [4.69, 9.17) is 11.6 Å². The summed E-state index contributed by atoms with van der Waals surface area (Å²) in [5.74, 6) is 0. The number of piperidine rings is 1. The van der Waals surface area contributed by atoms with E-state index in [1.54, 1.807) is 6.20 Å². The lowest BCUT2D eigenvalue weighted by atomic mass is 10.1. The lowest BCUT2D eigenvalue weighted by molar-refractivity contribution is -0.137. The Hall–Kier alpha value is -1.16. The summed E-state index contributed by atoms with van der Waals surface area (Å²) in [4.78, 5) is 4.95. The first-order valence-corrected chi connectivity index (χ1v) is 10.5. The Balaban J connectivity index is 2.00. The average Bonchev–Trinajstić information content (AvgIpc) is 3.00. The van der Waals surface area contributed by atoms with Gasteiger partial charge >= 0.3 is 6.18 Å². The van der Waals surface area contributed by atoms with Crippen molar-refractivity contribution in [2.45, 2.75) is 43.3 Å². The minimum Gasteiger partial charge on any atom is -0.248 e. The van der Waals surface area contributed by atoms with Crippen LogP contribution in [0.25, 0.3) is 0 Å². The molecule has 2 heterocycles. The number of hydrogen-bond acceptors (Lipinski definition) is 4. The van der Waals surface area contributed by atoms with Gasteiger partial charge in [-0.05, 0) is 38.0 Å². The monoisotopic (exact) mass is 424 g/mol. The second kappa shape index (κ2) is 7.10. The van der Waals surface area contributed by atoms with Gasteiger partial charge < -0.3 is 0 Å². The molecule has 26 heavy (non-hydrogen) atoms. The molecule has 1 aliphatic rings. The molecule has 1 aliphatic heterocycles. The Kier molecular flexibility index (Phi) is 5.35. The zero-order valence-corrected chi connectivity index (χ0v) is 16.1. The fourth-order valence-corrected chi connectivity index (χ4v) is 6.15. The van der Waals surface area contributed by atoms with E-state index in [9.17, 15) is 21.6 Å². The molecule has 3 rings (SSSR count). The maximum atomic E-state index is 13.1. The molecule has 1 fully saturated rings. The highest BCUT2D eigenvalue weighted by Gasteiger charge is 2.38. The number of hydrogen-bond donors (Lipinski definition) is 0. The molecule has 0 N–H and O–H groups in total. The van der Waals surface area contributed by atoms with Crippen molar-refractivity contribution in [2.75, 3.05) is 6.54 Å². The fourth-order valence-electron chi connectivity index (χ4n) is 2.98. The molecule has 1 aromatic carbocycles. The van der Waals surface area contributed by atoms with Crippen LogP contribution in [0.1, 0.15) is 40.8 Å². The summed E-state index contributed by atoms with van der Waals surface area (Å²) in [6, 6.07) is 1.90. The summed E-state index contributed by atoms with van der Waals surface area (Å²) in [6.45, 7) is 2.17. The quantitative estimate of drug-likeness (QED) is 0.693. The summed E-state index contributed by atoms with van der Waals surface area (Å²) in [5.41, 5.74) is -0.979. The first-order chi connectivity index (χ1) is 12.1. The lowest BCUT2D eigenvalue weighted by Gasteiger charge is -2.33. The van der Waals surface area contributed by atoms with E-state index in [2.05, 4.69) is 4.98 Å². The van der Waals surface area contributed by atoms with Crippen molar-refractivity contribution in [2.24, 2.45) is 0 Å². The minimum atomic E-state index is -4.59. The van der Waals surface area contributed by atoms with Crippen LogP contribution in [0.5, 0.6) is 0 Å².